The van der Waals surface area contributed by atoms with Crippen LogP contribution in [0, 0.1) is 11.8 Å². The summed E-state index contributed by atoms with van der Waals surface area (Å²) in [7, 11) is 0. The van der Waals surface area contributed by atoms with Gasteiger partial charge in [-0.2, -0.15) is 0 Å². The first kappa shape index (κ1) is 106. The fourth-order valence-electron chi connectivity index (χ4n) is 12.0. The highest BCUT2D eigenvalue weighted by molar-refractivity contribution is 5.90. The molecular formula is C86H135N5O28. The summed E-state index contributed by atoms with van der Waals surface area (Å²) < 4.78 is 54.8. The molecule has 0 fully saturated rings. The molecule has 0 bridgehead atoms. The molecule has 0 aliphatic carbocycles. The predicted octanol–water partition coefficient (Wildman–Crippen LogP) is 9.15. The number of rotatable bonds is 83. The summed E-state index contributed by atoms with van der Waals surface area (Å²) in [5, 5.41) is 50.3. The lowest BCUT2D eigenvalue weighted by Gasteiger charge is -2.16. The van der Waals surface area contributed by atoms with Crippen LogP contribution in [-0.4, -0.2) is 253 Å². The quantitative estimate of drug-likeness (QED) is 0.0279. The van der Waals surface area contributed by atoms with Crippen LogP contribution in [0.25, 0.3) is 0 Å². The Bertz CT molecular complexity index is 3210. The molecule has 0 saturated heterocycles. The van der Waals surface area contributed by atoms with Crippen molar-refractivity contribution in [2.45, 2.75) is 238 Å². The number of carboxylic acid groups (broad SMARTS) is 4. The number of Topliss-reactive ketones (excluding diaryl/α,β-unsaturated/α-hetero) is 5. The van der Waals surface area contributed by atoms with Crippen molar-refractivity contribution in [3.63, 3.8) is 0 Å². The van der Waals surface area contributed by atoms with Crippen molar-refractivity contribution in [2.24, 2.45) is 11.8 Å². The molecule has 2 aromatic carbocycles. The van der Waals surface area contributed by atoms with Gasteiger partial charge in [0.1, 0.15) is 67.4 Å². The molecule has 5 amide bonds. The molecule has 0 heterocycles. The van der Waals surface area contributed by atoms with Crippen molar-refractivity contribution >= 4 is 82.3 Å². The minimum Gasteiger partial charge on any atom is -0.494 e. The molecule has 9 N–H and O–H groups in total. The fraction of sp³-hybridized carbons (Fsp3) is 0.698. The lowest BCUT2D eigenvalue weighted by molar-refractivity contribution is -0.142. The molecule has 0 aliphatic rings. The van der Waals surface area contributed by atoms with Crippen LogP contribution in [-0.2, 0) is 95.4 Å². The Morgan fingerprint density at radius 3 is 1.12 bits per heavy atom. The topological polar surface area (TPSA) is 472 Å². The van der Waals surface area contributed by atoms with E-state index in [1.165, 1.54) is 31.2 Å². The molecule has 0 radical (unpaired) electrons. The summed E-state index contributed by atoms with van der Waals surface area (Å²) in [6, 6.07) is 10.2. The first-order valence-electron chi connectivity index (χ1n) is 42.4. The number of hydrogen-bond acceptors (Lipinski definition) is 24. The van der Waals surface area contributed by atoms with Gasteiger partial charge in [-0.3, -0.25) is 47.9 Å². The maximum atomic E-state index is 13.1. The number of aromatic carboxylic acids is 2. The van der Waals surface area contributed by atoms with Crippen molar-refractivity contribution < 1.29 is 135 Å². The van der Waals surface area contributed by atoms with Gasteiger partial charge in [0.2, 0.25) is 29.5 Å². The molecule has 0 aromatic heterocycles. The van der Waals surface area contributed by atoms with Crippen LogP contribution in [0.3, 0.4) is 0 Å². The summed E-state index contributed by atoms with van der Waals surface area (Å²) in [5.41, 5.74) is 0.410. The molecule has 2 aromatic rings. The monoisotopic (exact) mass is 1690 g/mol. The third-order valence-electron chi connectivity index (χ3n) is 19.0. The van der Waals surface area contributed by atoms with Crippen LogP contribution in [0.1, 0.15) is 246 Å². The van der Waals surface area contributed by atoms with E-state index in [0.29, 0.717) is 108 Å². The zero-order valence-corrected chi connectivity index (χ0v) is 70.2. The third-order valence-corrected chi connectivity index (χ3v) is 19.0. The van der Waals surface area contributed by atoms with Crippen LogP contribution in [0.4, 0.5) is 0 Å². The van der Waals surface area contributed by atoms with E-state index in [1.807, 2.05) is 6.92 Å². The van der Waals surface area contributed by atoms with E-state index in [-0.39, 0.29) is 251 Å². The van der Waals surface area contributed by atoms with E-state index < -0.39 is 36.0 Å². The highest BCUT2D eigenvalue weighted by Gasteiger charge is 2.25. The van der Waals surface area contributed by atoms with Gasteiger partial charge in [0.05, 0.1) is 90.4 Å². The van der Waals surface area contributed by atoms with Crippen molar-refractivity contribution in [1.29, 1.82) is 0 Å². The fourth-order valence-corrected chi connectivity index (χ4v) is 12.0. The van der Waals surface area contributed by atoms with Gasteiger partial charge >= 0.3 is 23.9 Å². The third kappa shape index (κ3) is 61.3. The molecule has 0 spiro atoms. The van der Waals surface area contributed by atoms with Gasteiger partial charge in [-0.05, 0) is 133 Å². The number of unbranched alkanes of at least 4 members (excludes halogenated alkanes) is 15. The smallest absolute Gasteiger partial charge is 0.335 e. The largest absolute Gasteiger partial charge is 0.494 e. The van der Waals surface area contributed by atoms with Crippen molar-refractivity contribution in [1.82, 2.24) is 26.6 Å². The molecule has 33 heteroatoms. The first-order valence-corrected chi connectivity index (χ1v) is 42.4. The summed E-state index contributed by atoms with van der Waals surface area (Å²) in [5.74, 6) is -5.86. The highest BCUT2D eigenvalue weighted by Crippen LogP contribution is 2.22. The Labute approximate surface area is 700 Å². The normalized spacial score (nSPS) is 12.2. The molecule has 33 nitrogen and oxygen atoms in total. The molecule has 0 saturated carbocycles. The number of benzene rings is 2. The Balaban J connectivity index is 1.33. The van der Waals surface area contributed by atoms with Crippen LogP contribution in [0.15, 0.2) is 48.5 Å². The van der Waals surface area contributed by atoms with Crippen molar-refractivity contribution in [2.75, 3.05) is 139 Å². The summed E-state index contributed by atoms with van der Waals surface area (Å²) in [6.45, 7) is 7.28. The summed E-state index contributed by atoms with van der Waals surface area (Å²) in [4.78, 5) is 170. The van der Waals surface area contributed by atoms with Gasteiger partial charge in [-0.1, -0.05) is 90.4 Å². The molecule has 672 valence electrons. The van der Waals surface area contributed by atoms with Crippen LogP contribution < -0.4 is 36.1 Å². The lowest BCUT2D eigenvalue weighted by atomic mass is 9.87. The van der Waals surface area contributed by atoms with Gasteiger partial charge in [0.15, 0.2) is 11.6 Å². The van der Waals surface area contributed by atoms with E-state index in [4.69, 9.17) is 57.6 Å². The average Bonchev–Trinajstić information content (AvgIpc) is 0.905. The number of nitrogens with one attached hydrogen (secondary N) is 5. The number of carbonyl (C=O) groups excluding carboxylic acids is 10. The van der Waals surface area contributed by atoms with Gasteiger partial charge in [-0.25, -0.2) is 19.2 Å². The predicted molar refractivity (Wildman–Crippen MR) is 438 cm³/mol. The number of hydrogen-bond donors (Lipinski definition) is 9. The maximum Gasteiger partial charge on any atom is 0.335 e. The molecular weight excluding hydrogens is 1550 g/mol. The minimum atomic E-state index is -1.22. The number of ether oxygens (including phenoxy) is 10. The highest BCUT2D eigenvalue weighted by atomic mass is 16.5. The van der Waals surface area contributed by atoms with E-state index in [1.54, 1.807) is 24.3 Å². The van der Waals surface area contributed by atoms with Gasteiger partial charge in [-0.15, -0.1) is 0 Å². The number of carboxylic acids is 4. The molecule has 4 atom stereocenters. The Hall–Kier alpha value is -8.70. The van der Waals surface area contributed by atoms with Crippen molar-refractivity contribution in [3.05, 3.63) is 59.7 Å². The van der Waals surface area contributed by atoms with Gasteiger partial charge < -0.3 is 94.4 Å². The van der Waals surface area contributed by atoms with Gasteiger partial charge in [0.25, 0.3) is 0 Å². The Kier molecular flexibility index (Phi) is 63.5. The number of aliphatic carboxylic acids is 2. The second kappa shape index (κ2) is 71.1. The van der Waals surface area contributed by atoms with Gasteiger partial charge in [0, 0.05) is 96.1 Å². The second-order valence-corrected chi connectivity index (χ2v) is 29.3. The SMILES string of the molecule is CC(=O)[C@H](CCCCCC(=O)COCCOCCNC(=O)COCCOCCCC(=O)CC[C@H](NC(=O)CCCCCCCCCOc1ccc(C(=O)O)cc1)C(=O)O)CC(=O)[C@@H](C)CCCCNC(=O)COCCOCCCC(=O)COCCOCCNC(=O)CC[C@H](NC(=O)CCCCCCCCCOc1ccc(C(=O)O)cc1)C(=O)O. The van der Waals surface area contributed by atoms with Crippen LogP contribution >= 0.6 is 0 Å². The van der Waals surface area contributed by atoms with Crippen LogP contribution in [0.5, 0.6) is 11.5 Å². The minimum absolute atomic E-state index is 0.00176. The van der Waals surface area contributed by atoms with E-state index in [9.17, 15) is 77.3 Å². The average molecular weight is 1690 g/mol. The number of amides is 5. The standard InChI is InChI=1S/C86H135N5O28/c1-65(24-18-19-43-87-81(100)63-116-58-53-111-47-23-28-72(95)62-115-57-54-112-50-44-88-78(97)42-41-76(86(108)109)91-80(99)30-17-10-6-4-8-12-21-49-119-74-38-33-68(34-39-74)84(104)105)77(96)60-69(66(2)92)25-14-13-15-26-71(94)61-114-56-55-113-51-45-89-82(101)64-117-59-52-110-46-22-27-70(93)35-40-75(85(106)107)90-79(98)29-16-9-5-3-7-11-20-48-118-73-36-31-67(32-37-73)83(102)103/h31-34,36-39,65,69,75-76H,3-30,35,40-64H2,1-2H3,(H,87,100)(H,88,97)(H,89,101)(H,90,98)(H,91,99)(H,102,103)(H,104,105)(H,106,107)(H,108,109)/t65-,69+,75-,76-/m0/s1. The first-order chi connectivity index (χ1) is 57.4. The maximum absolute atomic E-state index is 13.1. The molecule has 119 heavy (non-hydrogen) atoms. The van der Waals surface area contributed by atoms with Crippen LogP contribution in [0.2, 0.25) is 0 Å². The molecule has 0 aliphatic heterocycles. The Morgan fingerprint density at radius 2 is 0.672 bits per heavy atom. The molecule has 2 rings (SSSR count). The number of carbonyl (C=O) groups is 14. The zero-order valence-electron chi connectivity index (χ0n) is 70.2. The summed E-state index contributed by atoms with van der Waals surface area (Å²) in [6.07, 6.45) is 19.1. The number of ketones is 5. The molecule has 0 unspecified atom stereocenters. The lowest BCUT2D eigenvalue weighted by Crippen LogP contribution is -2.41. The Morgan fingerprint density at radius 1 is 0.311 bits per heavy atom. The van der Waals surface area contributed by atoms with E-state index >= 15 is 0 Å². The summed E-state index contributed by atoms with van der Waals surface area (Å²) >= 11 is 0. The zero-order chi connectivity index (χ0) is 87.1. The van der Waals surface area contributed by atoms with E-state index in [2.05, 4.69) is 26.6 Å². The van der Waals surface area contributed by atoms with E-state index in [0.717, 1.165) is 83.5 Å². The van der Waals surface area contributed by atoms with Crippen molar-refractivity contribution in [3.8, 4) is 11.5 Å². The second-order valence-electron chi connectivity index (χ2n) is 29.3.